The van der Waals surface area contributed by atoms with Gasteiger partial charge < -0.3 is 4.43 Å². The Bertz CT molecular complexity index is 675. The fraction of sp³-hybridized carbons (Fsp3) is 0.636. The first-order chi connectivity index (χ1) is 12.4. The van der Waals surface area contributed by atoms with E-state index in [0.717, 1.165) is 30.1 Å². The maximum absolute atomic E-state index is 13.0. The molecule has 0 aromatic rings. The molecule has 0 amide bonds. The molecule has 0 heterocycles. The van der Waals surface area contributed by atoms with Gasteiger partial charge in [-0.1, -0.05) is 44.6 Å². The Kier molecular flexibility index (Phi) is 5.55. The molecular formula is C22H32O3Si. The molecule has 0 bridgehead atoms. The van der Waals surface area contributed by atoms with Crippen LogP contribution in [-0.4, -0.2) is 26.0 Å². The van der Waals surface area contributed by atoms with Crippen LogP contribution in [0.5, 0.6) is 0 Å². The lowest BCUT2D eigenvalue weighted by Gasteiger charge is -2.47. The van der Waals surface area contributed by atoms with E-state index in [4.69, 9.17) is 4.43 Å². The van der Waals surface area contributed by atoms with Crippen molar-refractivity contribution in [2.75, 3.05) is 0 Å². The number of rotatable bonds is 5. The highest BCUT2D eigenvalue weighted by atomic mass is 28.4. The van der Waals surface area contributed by atoms with Gasteiger partial charge in [0.2, 0.25) is 0 Å². The molecule has 5 atom stereocenters. The molecule has 4 heteroatoms. The fourth-order valence-corrected chi connectivity index (χ4v) is 7.96. The summed E-state index contributed by atoms with van der Waals surface area (Å²) in [4.78, 5) is 25.8. The fourth-order valence-electron chi connectivity index (χ4n) is 5.15. The standard InChI is InChI=1S/C22H32O3Si/c1-6-26(7-2,8-3)25-19-12-11-18(23)20-17(19)13-15(5)16-10-9-14(4)22(24)21(16)20/h9,11-13,16-17,19-21H,6-8,10H2,1-5H3/t16-,17+,19-,20-,21+/m1/s1. The van der Waals surface area contributed by atoms with Crippen molar-refractivity contribution in [3.63, 3.8) is 0 Å². The van der Waals surface area contributed by atoms with Crippen LogP contribution in [0.4, 0.5) is 0 Å². The van der Waals surface area contributed by atoms with E-state index < -0.39 is 8.32 Å². The molecule has 142 valence electrons. The molecule has 26 heavy (non-hydrogen) atoms. The Labute approximate surface area is 158 Å². The highest BCUT2D eigenvalue weighted by molar-refractivity contribution is 6.73. The van der Waals surface area contributed by atoms with Gasteiger partial charge in [0.05, 0.1) is 6.10 Å². The maximum atomic E-state index is 13.0. The lowest BCUT2D eigenvalue weighted by atomic mass is 9.58. The monoisotopic (exact) mass is 372 g/mol. The number of hydrogen-bond donors (Lipinski definition) is 0. The Balaban J connectivity index is 1.99. The van der Waals surface area contributed by atoms with Crippen molar-refractivity contribution in [3.8, 4) is 0 Å². The van der Waals surface area contributed by atoms with E-state index in [1.54, 1.807) is 6.08 Å². The summed E-state index contributed by atoms with van der Waals surface area (Å²) in [6, 6.07) is 3.27. The van der Waals surface area contributed by atoms with E-state index in [1.807, 2.05) is 19.1 Å². The van der Waals surface area contributed by atoms with Gasteiger partial charge in [0.1, 0.15) is 0 Å². The van der Waals surface area contributed by atoms with Crippen LogP contribution in [0.1, 0.15) is 41.0 Å². The van der Waals surface area contributed by atoms with Crippen molar-refractivity contribution < 1.29 is 14.0 Å². The second kappa shape index (κ2) is 7.39. The number of hydrogen-bond acceptors (Lipinski definition) is 3. The minimum atomic E-state index is -1.79. The van der Waals surface area contributed by atoms with Gasteiger partial charge in [-0.2, -0.15) is 0 Å². The van der Waals surface area contributed by atoms with Gasteiger partial charge in [-0.05, 0) is 56.0 Å². The predicted octanol–water partition coefficient (Wildman–Crippen LogP) is 4.86. The Morgan fingerprint density at radius 1 is 1.08 bits per heavy atom. The van der Waals surface area contributed by atoms with Crippen molar-refractivity contribution in [1.29, 1.82) is 0 Å². The van der Waals surface area contributed by atoms with E-state index in [-0.39, 0.29) is 41.3 Å². The van der Waals surface area contributed by atoms with Gasteiger partial charge in [0.25, 0.3) is 0 Å². The van der Waals surface area contributed by atoms with E-state index in [9.17, 15) is 9.59 Å². The minimum absolute atomic E-state index is 0.000116. The average Bonchev–Trinajstić information content (AvgIpc) is 2.64. The molecule has 0 aromatic carbocycles. The highest BCUT2D eigenvalue weighted by Gasteiger charge is 2.51. The molecule has 0 spiro atoms. The molecule has 0 unspecified atom stereocenters. The summed E-state index contributed by atoms with van der Waals surface area (Å²) in [6.07, 6.45) is 8.75. The summed E-state index contributed by atoms with van der Waals surface area (Å²) >= 11 is 0. The zero-order chi connectivity index (χ0) is 19.1. The first-order valence-corrected chi connectivity index (χ1v) is 12.7. The first-order valence-electron chi connectivity index (χ1n) is 10.2. The highest BCUT2D eigenvalue weighted by Crippen LogP contribution is 2.48. The molecule has 0 aromatic heterocycles. The number of allylic oxidation sites excluding steroid dienone is 4. The topological polar surface area (TPSA) is 43.4 Å². The number of carbonyl (C=O) groups is 2. The summed E-state index contributed by atoms with van der Waals surface area (Å²) in [7, 11) is -1.79. The van der Waals surface area contributed by atoms with E-state index in [1.165, 1.54) is 5.57 Å². The van der Waals surface area contributed by atoms with Crippen molar-refractivity contribution >= 4 is 19.9 Å². The first kappa shape index (κ1) is 19.5. The second-order valence-corrected chi connectivity index (χ2v) is 12.9. The van der Waals surface area contributed by atoms with Gasteiger partial charge in [0, 0.05) is 17.8 Å². The molecule has 0 saturated carbocycles. The van der Waals surface area contributed by atoms with Crippen LogP contribution in [0.2, 0.25) is 18.1 Å². The van der Waals surface area contributed by atoms with Crippen molar-refractivity contribution in [2.45, 2.75) is 65.3 Å². The van der Waals surface area contributed by atoms with Crippen LogP contribution in [0.15, 0.2) is 35.5 Å². The number of carbonyl (C=O) groups excluding carboxylic acids is 2. The summed E-state index contributed by atoms with van der Waals surface area (Å²) in [5.74, 6) is -0.0229. The molecule has 0 radical (unpaired) electrons. The van der Waals surface area contributed by atoms with Gasteiger partial charge >= 0.3 is 0 Å². The summed E-state index contributed by atoms with van der Waals surface area (Å²) in [5.41, 5.74) is 2.07. The normalized spacial score (nSPS) is 34.1. The predicted molar refractivity (Wildman–Crippen MR) is 107 cm³/mol. The van der Waals surface area contributed by atoms with E-state index in [2.05, 4.69) is 33.8 Å². The molecule has 3 rings (SSSR count). The van der Waals surface area contributed by atoms with Crippen molar-refractivity contribution in [1.82, 2.24) is 0 Å². The summed E-state index contributed by atoms with van der Waals surface area (Å²) in [5, 5.41) is 0. The number of Topliss-reactive ketones (excluding diaryl/α,β-unsaturated/α-hetero) is 1. The van der Waals surface area contributed by atoms with Gasteiger partial charge in [-0.25, -0.2) is 0 Å². The number of fused-ring (bicyclic) bond motifs is 3. The largest absolute Gasteiger partial charge is 0.410 e. The van der Waals surface area contributed by atoms with Gasteiger partial charge in [0.15, 0.2) is 19.9 Å². The average molecular weight is 373 g/mol. The van der Waals surface area contributed by atoms with E-state index >= 15 is 0 Å². The van der Waals surface area contributed by atoms with Crippen LogP contribution in [-0.2, 0) is 14.0 Å². The van der Waals surface area contributed by atoms with Crippen LogP contribution < -0.4 is 0 Å². The molecular weight excluding hydrogens is 340 g/mol. The van der Waals surface area contributed by atoms with Gasteiger partial charge in [-0.15, -0.1) is 0 Å². The Morgan fingerprint density at radius 3 is 2.35 bits per heavy atom. The third-order valence-corrected chi connectivity index (χ3v) is 11.8. The van der Waals surface area contributed by atoms with Crippen LogP contribution in [0.3, 0.4) is 0 Å². The summed E-state index contributed by atoms with van der Waals surface area (Å²) < 4.78 is 6.76. The van der Waals surface area contributed by atoms with Crippen molar-refractivity contribution in [3.05, 3.63) is 35.5 Å². The minimum Gasteiger partial charge on any atom is -0.410 e. The number of ketones is 2. The Hall–Kier alpha value is -1.26. The zero-order valence-corrected chi connectivity index (χ0v) is 17.7. The third kappa shape index (κ3) is 3.11. The zero-order valence-electron chi connectivity index (χ0n) is 16.7. The lowest BCUT2D eigenvalue weighted by Crippen LogP contribution is -2.51. The third-order valence-electron chi connectivity index (χ3n) is 7.12. The molecule has 3 aliphatic rings. The quantitative estimate of drug-likeness (QED) is 0.511. The molecule has 3 nitrogen and oxygen atoms in total. The molecule has 0 N–H and O–H groups in total. The SMILES string of the molecule is CC[Si](CC)(CC)O[C@@H]1C=CC(=O)[C@H]2[C@H]1C=C(C)[C@H]1CC=C(C)C(=O)[C@H]21. The smallest absolute Gasteiger partial charge is 0.192 e. The van der Waals surface area contributed by atoms with Crippen LogP contribution in [0.25, 0.3) is 0 Å². The Morgan fingerprint density at radius 2 is 1.73 bits per heavy atom. The molecule has 3 aliphatic carbocycles. The van der Waals surface area contributed by atoms with Crippen LogP contribution >= 0.6 is 0 Å². The van der Waals surface area contributed by atoms with Crippen molar-refractivity contribution in [2.24, 2.45) is 23.7 Å². The van der Waals surface area contributed by atoms with E-state index in [0.29, 0.717) is 0 Å². The van der Waals surface area contributed by atoms with Gasteiger partial charge in [-0.3, -0.25) is 9.59 Å². The summed E-state index contributed by atoms with van der Waals surface area (Å²) in [6.45, 7) is 10.7. The molecule has 0 fully saturated rings. The lowest BCUT2D eigenvalue weighted by molar-refractivity contribution is -0.133. The molecule has 0 saturated heterocycles. The second-order valence-electron chi connectivity index (χ2n) is 8.22. The van der Waals surface area contributed by atoms with Crippen LogP contribution in [0, 0.1) is 23.7 Å². The maximum Gasteiger partial charge on any atom is 0.192 e. The molecule has 0 aliphatic heterocycles.